The van der Waals surface area contributed by atoms with Gasteiger partial charge in [0.15, 0.2) is 0 Å². The fourth-order valence-corrected chi connectivity index (χ4v) is 6.38. The van der Waals surface area contributed by atoms with Crippen LogP contribution in [0.4, 0.5) is 0 Å². The lowest BCUT2D eigenvalue weighted by Gasteiger charge is -2.17. The van der Waals surface area contributed by atoms with E-state index in [1.54, 1.807) is 5.57 Å². The molecule has 0 radical (unpaired) electrons. The van der Waals surface area contributed by atoms with Crippen molar-refractivity contribution >= 4 is 0 Å². The Morgan fingerprint density at radius 1 is 1.07 bits per heavy atom. The van der Waals surface area contributed by atoms with E-state index in [2.05, 4.69) is 140 Å². The molecule has 0 spiro atoms. The number of hydrogen-bond acceptors (Lipinski definition) is 1. The molecule has 0 fully saturated rings. The summed E-state index contributed by atoms with van der Waals surface area (Å²) in [6, 6.07) is 0.221. The molecule has 0 saturated heterocycles. The topological polar surface area (TPSA) is 12.0 Å². The lowest BCUT2D eigenvalue weighted by Crippen LogP contribution is -2.21. The highest BCUT2D eigenvalue weighted by molar-refractivity contribution is 5.49. The van der Waals surface area contributed by atoms with Crippen molar-refractivity contribution < 1.29 is 0 Å². The summed E-state index contributed by atoms with van der Waals surface area (Å²) in [5.41, 5.74) is 17.5. The number of allylic oxidation sites excluding steroid dienone is 17. The van der Waals surface area contributed by atoms with Crippen LogP contribution in [0.25, 0.3) is 0 Å². The van der Waals surface area contributed by atoms with Gasteiger partial charge in [-0.15, -0.1) is 5.73 Å². The molecule has 1 N–H and O–H groups in total. The normalized spacial score (nSPS) is 29.3. The maximum atomic E-state index is 4.59. The standard InChI is InChI=1S/C42H57N/c1-10-15-18-36-24-25-37-19-16-20-38(35(13-4)28-32(37)8)23-21-30(6)27-39(34(12-3)17-11-2)29-42-40(14-5)33(9)41(43-42)26-22-31(36)7/h10,15-16,18,20,22-26,29,31,37,41,43H,6,11-14,17,19,21,27H2,1-5,7-9H3/b15-10-,20-16+,25-24+,26-22+,36-18-,38-23?,39-34+,42-29-/t28?,31?,37-,41+/m1/s1. The van der Waals surface area contributed by atoms with Gasteiger partial charge in [0.1, 0.15) is 0 Å². The van der Waals surface area contributed by atoms with E-state index >= 15 is 0 Å². The molecule has 3 atom stereocenters. The predicted molar refractivity (Wildman–Crippen MR) is 191 cm³/mol. The van der Waals surface area contributed by atoms with Gasteiger partial charge in [0.2, 0.25) is 0 Å². The van der Waals surface area contributed by atoms with Crippen molar-refractivity contribution in [1.29, 1.82) is 0 Å². The van der Waals surface area contributed by atoms with Crippen molar-refractivity contribution in [2.45, 2.75) is 113 Å². The fourth-order valence-electron chi connectivity index (χ4n) is 6.38. The third-order valence-corrected chi connectivity index (χ3v) is 9.15. The van der Waals surface area contributed by atoms with Gasteiger partial charge in [-0.1, -0.05) is 120 Å². The second-order valence-corrected chi connectivity index (χ2v) is 12.3. The molecule has 4 bridgehead atoms. The molecular formula is C42H57N. The minimum atomic E-state index is 0.221. The van der Waals surface area contributed by atoms with Gasteiger partial charge in [-0.3, -0.25) is 0 Å². The van der Waals surface area contributed by atoms with Crippen molar-refractivity contribution in [1.82, 2.24) is 5.32 Å². The molecule has 4 rings (SSSR count). The minimum Gasteiger partial charge on any atom is -0.375 e. The number of fused-ring (bicyclic) bond motifs is 9. The van der Waals surface area contributed by atoms with E-state index in [0.29, 0.717) is 11.8 Å². The maximum Gasteiger partial charge on any atom is 0.0661 e. The molecule has 0 saturated carbocycles. The van der Waals surface area contributed by atoms with E-state index in [0.717, 1.165) is 51.4 Å². The van der Waals surface area contributed by atoms with Gasteiger partial charge < -0.3 is 5.32 Å². The zero-order chi connectivity index (χ0) is 31.4. The smallest absolute Gasteiger partial charge is 0.0661 e. The van der Waals surface area contributed by atoms with Crippen molar-refractivity contribution in [2.75, 3.05) is 0 Å². The highest BCUT2D eigenvalue weighted by atomic mass is 15.0. The van der Waals surface area contributed by atoms with Crippen LogP contribution in [0.2, 0.25) is 0 Å². The Bertz CT molecular complexity index is 1360. The van der Waals surface area contributed by atoms with Crippen molar-refractivity contribution in [3.05, 3.63) is 135 Å². The molecule has 230 valence electrons. The first-order valence-electron chi connectivity index (χ1n) is 16.8. The second-order valence-electron chi connectivity index (χ2n) is 12.3. The van der Waals surface area contributed by atoms with Crippen LogP contribution >= 0.6 is 0 Å². The van der Waals surface area contributed by atoms with Crippen molar-refractivity contribution in [3.8, 4) is 0 Å². The Balaban J connectivity index is 2.21. The van der Waals surface area contributed by atoms with E-state index in [9.17, 15) is 0 Å². The molecule has 1 heteroatoms. The highest BCUT2D eigenvalue weighted by Gasteiger charge is 2.24. The first kappa shape index (κ1) is 34.2. The predicted octanol–water partition coefficient (Wildman–Crippen LogP) is 12.1. The Morgan fingerprint density at radius 3 is 2.53 bits per heavy atom. The number of hydrogen-bond donors (Lipinski definition) is 1. The van der Waals surface area contributed by atoms with Gasteiger partial charge in [0.05, 0.1) is 6.04 Å². The van der Waals surface area contributed by atoms with E-state index in [1.807, 2.05) is 0 Å². The first-order chi connectivity index (χ1) is 20.8. The van der Waals surface area contributed by atoms with Gasteiger partial charge in [-0.25, -0.2) is 0 Å². The molecule has 4 aliphatic rings. The van der Waals surface area contributed by atoms with Crippen molar-refractivity contribution in [3.63, 3.8) is 0 Å². The molecule has 0 aromatic heterocycles. The highest BCUT2D eigenvalue weighted by Crippen LogP contribution is 2.33. The molecule has 1 aliphatic carbocycles. The third kappa shape index (κ3) is 9.35. The van der Waals surface area contributed by atoms with Crippen molar-refractivity contribution in [2.24, 2.45) is 11.8 Å². The van der Waals surface area contributed by atoms with Gasteiger partial charge in [-0.05, 0) is 111 Å². The zero-order valence-electron chi connectivity index (χ0n) is 28.4. The molecule has 0 amide bonds. The Hall–Kier alpha value is -3.28. The van der Waals surface area contributed by atoms with Crippen LogP contribution < -0.4 is 5.32 Å². The average Bonchev–Trinajstić information content (AvgIpc) is 3.29. The summed E-state index contributed by atoms with van der Waals surface area (Å²) in [6.07, 6.45) is 33.7. The Labute approximate surface area is 264 Å². The molecule has 43 heavy (non-hydrogen) atoms. The minimum absolute atomic E-state index is 0.221. The summed E-state index contributed by atoms with van der Waals surface area (Å²) in [5, 5.41) is 3.91. The average molecular weight is 576 g/mol. The summed E-state index contributed by atoms with van der Waals surface area (Å²) in [5.74, 6) is 0.635. The van der Waals surface area contributed by atoms with Crippen LogP contribution in [-0.4, -0.2) is 6.04 Å². The maximum absolute atomic E-state index is 4.59. The second kappa shape index (κ2) is 17.1. The summed E-state index contributed by atoms with van der Waals surface area (Å²) >= 11 is 0. The molecule has 3 heterocycles. The molecule has 1 unspecified atom stereocenters. The summed E-state index contributed by atoms with van der Waals surface area (Å²) in [4.78, 5) is 0. The van der Waals surface area contributed by atoms with E-state index in [-0.39, 0.29) is 6.04 Å². The van der Waals surface area contributed by atoms with E-state index in [1.165, 1.54) is 50.3 Å². The van der Waals surface area contributed by atoms with Crippen LogP contribution in [0.5, 0.6) is 0 Å². The summed E-state index contributed by atoms with van der Waals surface area (Å²) in [7, 11) is 0. The Kier molecular flexibility index (Phi) is 13.6. The third-order valence-electron chi connectivity index (χ3n) is 9.15. The van der Waals surface area contributed by atoms with E-state index in [4.69, 9.17) is 0 Å². The summed E-state index contributed by atoms with van der Waals surface area (Å²) < 4.78 is 0. The largest absolute Gasteiger partial charge is 0.375 e. The van der Waals surface area contributed by atoms with Crippen LogP contribution in [0.1, 0.15) is 107 Å². The molecule has 1 nitrogen and oxygen atoms in total. The fraction of sp³-hybridized carbons (Fsp3) is 0.452. The monoisotopic (exact) mass is 575 g/mol. The summed E-state index contributed by atoms with van der Waals surface area (Å²) in [6.45, 7) is 22.7. The first-order valence-corrected chi connectivity index (χ1v) is 16.8. The molecule has 3 aliphatic heterocycles. The van der Waals surface area contributed by atoms with Crippen LogP contribution in [0.15, 0.2) is 135 Å². The van der Waals surface area contributed by atoms with Crippen LogP contribution in [-0.2, 0) is 0 Å². The Morgan fingerprint density at radius 2 is 1.86 bits per heavy atom. The van der Waals surface area contributed by atoms with Gasteiger partial charge in [-0.2, -0.15) is 0 Å². The van der Waals surface area contributed by atoms with Gasteiger partial charge >= 0.3 is 0 Å². The van der Waals surface area contributed by atoms with Gasteiger partial charge in [0.25, 0.3) is 0 Å². The molecule has 0 aromatic carbocycles. The molecular weight excluding hydrogens is 518 g/mol. The zero-order valence-corrected chi connectivity index (χ0v) is 28.4. The van der Waals surface area contributed by atoms with Gasteiger partial charge in [0, 0.05) is 17.2 Å². The van der Waals surface area contributed by atoms with E-state index < -0.39 is 0 Å². The van der Waals surface area contributed by atoms with Crippen LogP contribution in [0, 0.1) is 11.8 Å². The quantitative estimate of drug-likeness (QED) is 0.245. The number of rotatable bonds is 6. The SMILES string of the molecule is C=C1CC=C2/C=C/C[C@H](/C=C/C(=C/C=C\C)C(C)/C=C/[C@@H]3N/C(=C\C(=C(/CC)CCC)C1)C(CC)=C3C)C(C)=C=C2CC. The number of nitrogens with one attached hydrogen (secondary N) is 1. The lowest BCUT2D eigenvalue weighted by molar-refractivity contribution is 0.766. The molecule has 0 aromatic rings. The van der Waals surface area contributed by atoms with Crippen LogP contribution in [0.3, 0.4) is 0 Å². The lowest BCUT2D eigenvalue weighted by atomic mass is 9.89.